The summed E-state index contributed by atoms with van der Waals surface area (Å²) in [6.07, 6.45) is 2.61. The molecule has 4 nitrogen and oxygen atoms in total. The molecule has 92 valence electrons. The average molecular weight is 235 g/mol. The minimum absolute atomic E-state index is 0.0942. The SMILES string of the molecule is NC(COCC1CC1)c1ccc2c(c1)OCO2. The second-order valence-corrected chi connectivity index (χ2v) is 4.70. The van der Waals surface area contributed by atoms with Crippen molar-refractivity contribution in [2.45, 2.75) is 18.9 Å². The summed E-state index contributed by atoms with van der Waals surface area (Å²) in [5.41, 5.74) is 7.11. The highest BCUT2D eigenvalue weighted by atomic mass is 16.7. The molecule has 1 heterocycles. The highest BCUT2D eigenvalue weighted by Gasteiger charge is 2.22. The van der Waals surface area contributed by atoms with Gasteiger partial charge in [-0.3, -0.25) is 0 Å². The molecule has 1 fully saturated rings. The predicted octanol–water partition coefficient (Wildman–Crippen LogP) is 1.84. The van der Waals surface area contributed by atoms with E-state index in [9.17, 15) is 0 Å². The number of benzene rings is 1. The summed E-state index contributed by atoms with van der Waals surface area (Å²) in [4.78, 5) is 0. The van der Waals surface area contributed by atoms with Crippen molar-refractivity contribution >= 4 is 0 Å². The van der Waals surface area contributed by atoms with Crippen LogP contribution in [0.1, 0.15) is 24.4 Å². The zero-order valence-electron chi connectivity index (χ0n) is 9.72. The van der Waals surface area contributed by atoms with Crippen LogP contribution < -0.4 is 15.2 Å². The number of ether oxygens (including phenoxy) is 3. The molecular weight excluding hydrogens is 218 g/mol. The van der Waals surface area contributed by atoms with Crippen molar-refractivity contribution in [3.63, 3.8) is 0 Å². The Hall–Kier alpha value is -1.26. The minimum atomic E-state index is -0.0942. The fraction of sp³-hybridized carbons (Fsp3) is 0.538. The first-order chi connectivity index (χ1) is 8.33. The van der Waals surface area contributed by atoms with Gasteiger partial charge in [0.2, 0.25) is 6.79 Å². The van der Waals surface area contributed by atoms with Gasteiger partial charge < -0.3 is 19.9 Å². The molecule has 1 aromatic rings. The van der Waals surface area contributed by atoms with E-state index in [0.717, 1.165) is 29.6 Å². The third-order valence-electron chi connectivity index (χ3n) is 3.17. The van der Waals surface area contributed by atoms with Crippen LogP contribution in [-0.2, 0) is 4.74 Å². The molecule has 1 aromatic carbocycles. The molecule has 3 rings (SSSR count). The Morgan fingerprint density at radius 1 is 1.29 bits per heavy atom. The molecule has 1 aliphatic heterocycles. The second kappa shape index (κ2) is 4.55. The van der Waals surface area contributed by atoms with E-state index in [0.29, 0.717) is 13.4 Å². The topological polar surface area (TPSA) is 53.7 Å². The van der Waals surface area contributed by atoms with Crippen molar-refractivity contribution < 1.29 is 14.2 Å². The Morgan fingerprint density at radius 2 is 2.12 bits per heavy atom. The van der Waals surface area contributed by atoms with E-state index in [2.05, 4.69) is 0 Å². The van der Waals surface area contributed by atoms with Gasteiger partial charge in [0, 0.05) is 6.61 Å². The molecule has 17 heavy (non-hydrogen) atoms. The van der Waals surface area contributed by atoms with Gasteiger partial charge >= 0.3 is 0 Å². The Labute approximate surface area is 101 Å². The van der Waals surface area contributed by atoms with E-state index in [1.165, 1.54) is 12.8 Å². The summed E-state index contributed by atoms with van der Waals surface area (Å²) in [6.45, 7) is 1.71. The van der Waals surface area contributed by atoms with E-state index in [1.807, 2.05) is 18.2 Å². The maximum Gasteiger partial charge on any atom is 0.231 e. The molecule has 2 aliphatic rings. The van der Waals surface area contributed by atoms with Crippen LogP contribution in [0, 0.1) is 5.92 Å². The largest absolute Gasteiger partial charge is 0.454 e. The van der Waals surface area contributed by atoms with Gasteiger partial charge in [0.25, 0.3) is 0 Å². The van der Waals surface area contributed by atoms with Gasteiger partial charge in [0.15, 0.2) is 11.5 Å². The van der Waals surface area contributed by atoms with Crippen LogP contribution in [0.5, 0.6) is 11.5 Å². The predicted molar refractivity (Wildman–Crippen MR) is 63.0 cm³/mol. The lowest BCUT2D eigenvalue weighted by Crippen LogP contribution is -2.17. The standard InChI is InChI=1S/C13H17NO3/c14-11(7-15-6-9-1-2-9)10-3-4-12-13(5-10)17-8-16-12/h3-5,9,11H,1-2,6-8,14H2. The molecule has 0 saturated heterocycles. The van der Waals surface area contributed by atoms with Crippen LogP contribution in [0.4, 0.5) is 0 Å². The Bertz CT molecular complexity index is 404. The summed E-state index contributed by atoms with van der Waals surface area (Å²) in [6, 6.07) is 5.72. The Kier molecular flexibility index (Phi) is 2.91. The van der Waals surface area contributed by atoms with E-state index in [1.54, 1.807) is 0 Å². The zero-order chi connectivity index (χ0) is 11.7. The molecule has 1 atom stereocenters. The summed E-state index contributed by atoms with van der Waals surface area (Å²) < 4.78 is 16.2. The quantitative estimate of drug-likeness (QED) is 0.846. The van der Waals surface area contributed by atoms with E-state index in [-0.39, 0.29) is 6.04 Å². The fourth-order valence-corrected chi connectivity index (χ4v) is 1.89. The number of hydrogen-bond donors (Lipinski definition) is 1. The summed E-state index contributed by atoms with van der Waals surface area (Å²) in [5, 5.41) is 0. The molecule has 4 heteroatoms. The van der Waals surface area contributed by atoms with Gasteiger partial charge in [-0.05, 0) is 36.5 Å². The highest BCUT2D eigenvalue weighted by Crippen LogP contribution is 2.34. The maximum absolute atomic E-state index is 6.07. The molecule has 1 saturated carbocycles. The summed E-state index contributed by atoms with van der Waals surface area (Å²) >= 11 is 0. The lowest BCUT2D eigenvalue weighted by molar-refractivity contribution is 0.112. The van der Waals surface area contributed by atoms with Gasteiger partial charge in [-0.25, -0.2) is 0 Å². The van der Waals surface area contributed by atoms with Gasteiger partial charge in [-0.1, -0.05) is 6.07 Å². The minimum Gasteiger partial charge on any atom is -0.454 e. The average Bonchev–Trinajstić information content (AvgIpc) is 3.04. The van der Waals surface area contributed by atoms with Gasteiger partial charge in [-0.15, -0.1) is 0 Å². The third kappa shape index (κ3) is 2.53. The molecule has 2 N–H and O–H groups in total. The Balaban J connectivity index is 1.58. The zero-order valence-corrected chi connectivity index (χ0v) is 9.72. The third-order valence-corrected chi connectivity index (χ3v) is 3.17. The molecule has 1 aliphatic carbocycles. The molecule has 0 bridgehead atoms. The molecular formula is C13H17NO3. The van der Waals surface area contributed by atoms with Crippen LogP contribution in [0.2, 0.25) is 0 Å². The van der Waals surface area contributed by atoms with E-state index >= 15 is 0 Å². The first-order valence-electron chi connectivity index (χ1n) is 6.06. The number of nitrogens with two attached hydrogens (primary N) is 1. The molecule has 1 unspecified atom stereocenters. The van der Waals surface area contributed by atoms with Crippen molar-refractivity contribution in [1.29, 1.82) is 0 Å². The first kappa shape index (κ1) is 10.9. The maximum atomic E-state index is 6.07. The summed E-state index contributed by atoms with van der Waals surface area (Å²) in [7, 11) is 0. The molecule has 0 amide bonds. The number of rotatable bonds is 5. The summed E-state index contributed by atoms with van der Waals surface area (Å²) in [5.74, 6) is 2.35. The van der Waals surface area contributed by atoms with E-state index in [4.69, 9.17) is 19.9 Å². The molecule has 0 radical (unpaired) electrons. The Morgan fingerprint density at radius 3 is 2.94 bits per heavy atom. The van der Waals surface area contributed by atoms with Crippen LogP contribution in [0.25, 0.3) is 0 Å². The highest BCUT2D eigenvalue weighted by molar-refractivity contribution is 5.45. The monoisotopic (exact) mass is 235 g/mol. The van der Waals surface area contributed by atoms with E-state index < -0.39 is 0 Å². The normalized spacial score (nSPS) is 19.4. The van der Waals surface area contributed by atoms with Crippen molar-refractivity contribution in [2.75, 3.05) is 20.0 Å². The van der Waals surface area contributed by atoms with Crippen LogP contribution in [0.3, 0.4) is 0 Å². The second-order valence-electron chi connectivity index (χ2n) is 4.70. The smallest absolute Gasteiger partial charge is 0.231 e. The van der Waals surface area contributed by atoms with Crippen molar-refractivity contribution in [3.05, 3.63) is 23.8 Å². The number of fused-ring (bicyclic) bond motifs is 1. The van der Waals surface area contributed by atoms with Gasteiger partial charge in [0.05, 0.1) is 12.6 Å². The van der Waals surface area contributed by atoms with Crippen LogP contribution in [-0.4, -0.2) is 20.0 Å². The lowest BCUT2D eigenvalue weighted by Gasteiger charge is -2.13. The lowest BCUT2D eigenvalue weighted by atomic mass is 10.1. The van der Waals surface area contributed by atoms with Gasteiger partial charge in [-0.2, -0.15) is 0 Å². The fourth-order valence-electron chi connectivity index (χ4n) is 1.89. The molecule has 0 aromatic heterocycles. The van der Waals surface area contributed by atoms with Crippen LogP contribution in [0.15, 0.2) is 18.2 Å². The van der Waals surface area contributed by atoms with Crippen molar-refractivity contribution in [2.24, 2.45) is 11.7 Å². The number of hydrogen-bond acceptors (Lipinski definition) is 4. The first-order valence-corrected chi connectivity index (χ1v) is 6.06. The van der Waals surface area contributed by atoms with Crippen molar-refractivity contribution in [3.8, 4) is 11.5 Å². The van der Waals surface area contributed by atoms with Crippen molar-refractivity contribution in [1.82, 2.24) is 0 Å². The molecule has 0 spiro atoms. The van der Waals surface area contributed by atoms with Crippen LogP contribution >= 0.6 is 0 Å². The van der Waals surface area contributed by atoms with Gasteiger partial charge in [0.1, 0.15) is 0 Å².